The molecule has 0 aliphatic heterocycles. The predicted octanol–water partition coefficient (Wildman–Crippen LogP) is 3.74. The van der Waals surface area contributed by atoms with Gasteiger partial charge < -0.3 is 14.6 Å². The van der Waals surface area contributed by atoms with Gasteiger partial charge in [-0.1, -0.05) is 32.6 Å². The summed E-state index contributed by atoms with van der Waals surface area (Å²) in [6.45, 7) is 2.71. The molecule has 106 valence electrons. The zero-order valence-electron chi connectivity index (χ0n) is 11.6. The summed E-state index contributed by atoms with van der Waals surface area (Å²) in [5.41, 5.74) is 0.175. The molecule has 0 aliphatic rings. The van der Waals surface area contributed by atoms with E-state index in [1.54, 1.807) is 19.2 Å². The molecule has 1 aromatic rings. The molecule has 0 radical (unpaired) electrons. The van der Waals surface area contributed by atoms with Gasteiger partial charge in [-0.15, -0.1) is 0 Å². The van der Waals surface area contributed by atoms with Crippen LogP contribution in [0.25, 0.3) is 0 Å². The fourth-order valence-corrected chi connectivity index (χ4v) is 1.81. The summed E-state index contributed by atoms with van der Waals surface area (Å²) in [5.74, 6) is -0.00281. The van der Waals surface area contributed by atoms with E-state index in [1.807, 2.05) is 0 Å². The van der Waals surface area contributed by atoms with Crippen LogP contribution < -0.4 is 9.47 Å². The van der Waals surface area contributed by atoms with Gasteiger partial charge >= 0.3 is 5.97 Å². The molecule has 0 aliphatic carbocycles. The van der Waals surface area contributed by atoms with Crippen molar-refractivity contribution in [1.29, 1.82) is 0 Å². The Morgan fingerprint density at radius 3 is 2.58 bits per heavy atom. The second-order valence-electron chi connectivity index (χ2n) is 4.43. The van der Waals surface area contributed by atoms with E-state index in [0.29, 0.717) is 18.1 Å². The Kier molecular flexibility index (Phi) is 6.79. The summed E-state index contributed by atoms with van der Waals surface area (Å²) in [5, 5.41) is 9.08. The standard InChI is InChI=1S/C15H22O4/c1-3-4-5-6-7-10-19-14-11-12(18-2)8-9-13(14)15(16)17/h8-9,11H,3-7,10H2,1-2H3,(H,16,17). The molecule has 1 rings (SSSR count). The Hall–Kier alpha value is -1.71. The van der Waals surface area contributed by atoms with Crippen molar-refractivity contribution in [1.82, 2.24) is 0 Å². The van der Waals surface area contributed by atoms with Gasteiger partial charge in [0.1, 0.15) is 17.1 Å². The molecule has 1 N–H and O–H groups in total. The van der Waals surface area contributed by atoms with Gasteiger partial charge in [0.2, 0.25) is 0 Å². The van der Waals surface area contributed by atoms with Gasteiger partial charge in [-0.3, -0.25) is 0 Å². The van der Waals surface area contributed by atoms with E-state index < -0.39 is 5.97 Å². The van der Waals surface area contributed by atoms with Crippen molar-refractivity contribution in [2.24, 2.45) is 0 Å². The largest absolute Gasteiger partial charge is 0.497 e. The lowest BCUT2D eigenvalue weighted by atomic mass is 10.1. The molecular formula is C15H22O4. The summed E-state index contributed by atoms with van der Waals surface area (Å²) < 4.78 is 10.6. The number of methoxy groups -OCH3 is 1. The van der Waals surface area contributed by atoms with Crippen LogP contribution >= 0.6 is 0 Å². The van der Waals surface area contributed by atoms with Gasteiger partial charge in [-0.2, -0.15) is 0 Å². The Labute approximate surface area is 114 Å². The zero-order valence-corrected chi connectivity index (χ0v) is 11.6. The highest BCUT2D eigenvalue weighted by Crippen LogP contribution is 2.25. The van der Waals surface area contributed by atoms with Crippen LogP contribution in [0.5, 0.6) is 11.5 Å². The van der Waals surface area contributed by atoms with Crippen LogP contribution in [0.1, 0.15) is 49.4 Å². The molecule has 0 amide bonds. The fourth-order valence-electron chi connectivity index (χ4n) is 1.81. The van der Waals surface area contributed by atoms with Gasteiger partial charge in [-0.25, -0.2) is 4.79 Å². The summed E-state index contributed by atoms with van der Waals surface area (Å²) >= 11 is 0. The first-order chi connectivity index (χ1) is 9.19. The third-order valence-corrected chi connectivity index (χ3v) is 2.92. The number of unbranched alkanes of at least 4 members (excludes halogenated alkanes) is 4. The summed E-state index contributed by atoms with van der Waals surface area (Å²) in [4.78, 5) is 11.1. The van der Waals surface area contributed by atoms with Crippen LogP contribution in [0, 0.1) is 0 Å². The van der Waals surface area contributed by atoms with Crippen LogP contribution in [0.15, 0.2) is 18.2 Å². The Morgan fingerprint density at radius 1 is 1.21 bits per heavy atom. The number of ether oxygens (including phenoxy) is 2. The van der Waals surface area contributed by atoms with E-state index >= 15 is 0 Å². The van der Waals surface area contributed by atoms with E-state index in [2.05, 4.69) is 6.92 Å². The third-order valence-electron chi connectivity index (χ3n) is 2.92. The van der Waals surface area contributed by atoms with Crippen LogP contribution in [0.4, 0.5) is 0 Å². The van der Waals surface area contributed by atoms with Crippen molar-refractivity contribution in [2.45, 2.75) is 39.0 Å². The van der Waals surface area contributed by atoms with Crippen LogP contribution in [-0.4, -0.2) is 24.8 Å². The number of carbonyl (C=O) groups is 1. The molecule has 19 heavy (non-hydrogen) atoms. The van der Waals surface area contributed by atoms with Crippen molar-refractivity contribution in [2.75, 3.05) is 13.7 Å². The minimum absolute atomic E-state index is 0.175. The molecule has 4 nitrogen and oxygen atoms in total. The molecular weight excluding hydrogens is 244 g/mol. The highest BCUT2D eigenvalue weighted by molar-refractivity contribution is 5.91. The van der Waals surface area contributed by atoms with Crippen LogP contribution in [-0.2, 0) is 0 Å². The molecule has 0 unspecified atom stereocenters. The number of hydrogen-bond acceptors (Lipinski definition) is 3. The predicted molar refractivity (Wildman–Crippen MR) is 74.2 cm³/mol. The van der Waals surface area contributed by atoms with Crippen molar-refractivity contribution < 1.29 is 19.4 Å². The van der Waals surface area contributed by atoms with E-state index in [4.69, 9.17) is 14.6 Å². The highest BCUT2D eigenvalue weighted by Gasteiger charge is 2.12. The van der Waals surface area contributed by atoms with Gasteiger partial charge in [0.25, 0.3) is 0 Å². The van der Waals surface area contributed by atoms with Crippen molar-refractivity contribution in [3.63, 3.8) is 0 Å². The zero-order chi connectivity index (χ0) is 14.1. The molecule has 0 atom stereocenters. The Balaban J connectivity index is 2.52. The maximum Gasteiger partial charge on any atom is 0.339 e. The van der Waals surface area contributed by atoms with Crippen LogP contribution in [0.2, 0.25) is 0 Å². The first-order valence-corrected chi connectivity index (χ1v) is 6.73. The normalized spacial score (nSPS) is 10.2. The molecule has 0 aromatic heterocycles. The second-order valence-corrected chi connectivity index (χ2v) is 4.43. The summed E-state index contributed by atoms with van der Waals surface area (Å²) in [6, 6.07) is 4.75. The highest BCUT2D eigenvalue weighted by atomic mass is 16.5. The maximum absolute atomic E-state index is 11.1. The molecule has 0 saturated carbocycles. The van der Waals surface area contributed by atoms with Gasteiger partial charge in [0.05, 0.1) is 13.7 Å². The number of aromatic carboxylic acids is 1. The topological polar surface area (TPSA) is 55.8 Å². The first-order valence-electron chi connectivity index (χ1n) is 6.73. The smallest absolute Gasteiger partial charge is 0.339 e. The van der Waals surface area contributed by atoms with E-state index in [0.717, 1.165) is 12.8 Å². The SMILES string of the molecule is CCCCCCCOc1cc(OC)ccc1C(=O)O. The molecule has 0 saturated heterocycles. The number of carboxylic acid groups (broad SMARTS) is 1. The molecule has 1 aromatic carbocycles. The Morgan fingerprint density at radius 2 is 1.95 bits per heavy atom. The van der Waals surface area contributed by atoms with Crippen LogP contribution in [0.3, 0.4) is 0 Å². The third kappa shape index (κ3) is 5.20. The first kappa shape index (κ1) is 15.3. The number of carboxylic acids is 1. The molecule has 0 bridgehead atoms. The lowest BCUT2D eigenvalue weighted by molar-refractivity contribution is 0.0692. The monoisotopic (exact) mass is 266 g/mol. The van der Waals surface area contributed by atoms with E-state index in [9.17, 15) is 4.79 Å². The fraction of sp³-hybridized carbons (Fsp3) is 0.533. The lowest BCUT2D eigenvalue weighted by Crippen LogP contribution is -2.05. The van der Waals surface area contributed by atoms with E-state index in [-0.39, 0.29) is 5.56 Å². The lowest BCUT2D eigenvalue weighted by Gasteiger charge is -2.10. The second kappa shape index (κ2) is 8.40. The van der Waals surface area contributed by atoms with Crippen molar-refractivity contribution >= 4 is 5.97 Å². The van der Waals surface area contributed by atoms with E-state index in [1.165, 1.54) is 25.3 Å². The Bertz CT molecular complexity index is 401. The maximum atomic E-state index is 11.1. The molecule has 0 fully saturated rings. The molecule has 4 heteroatoms. The average Bonchev–Trinajstić information content (AvgIpc) is 2.42. The minimum Gasteiger partial charge on any atom is -0.497 e. The number of hydrogen-bond donors (Lipinski definition) is 1. The van der Waals surface area contributed by atoms with Crippen molar-refractivity contribution in [3.05, 3.63) is 23.8 Å². The van der Waals surface area contributed by atoms with Gasteiger partial charge in [0, 0.05) is 6.07 Å². The minimum atomic E-state index is -0.983. The molecule has 0 heterocycles. The average molecular weight is 266 g/mol. The number of rotatable bonds is 9. The summed E-state index contributed by atoms with van der Waals surface area (Å²) in [6.07, 6.45) is 5.69. The molecule has 0 spiro atoms. The quantitative estimate of drug-likeness (QED) is 0.692. The van der Waals surface area contributed by atoms with Gasteiger partial charge in [-0.05, 0) is 18.6 Å². The van der Waals surface area contributed by atoms with Crippen molar-refractivity contribution in [3.8, 4) is 11.5 Å². The summed E-state index contributed by atoms with van der Waals surface area (Å²) in [7, 11) is 1.55. The number of benzene rings is 1. The van der Waals surface area contributed by atoms with Gasteiger partial charge in [0.15, 0.2) is 0 Å².